The van der Waals surface area contributed by atoms with Gasteiger partial charge in [0.15, 0.2) is 11.6 Å². The second-order valence-corrected chi connectivity index (χ2v) is 7.90. The molecular weight excluding hydrogens is 553 g/mol. The number of ether oxygens (including phenoxy) is 2. The maximum Gasteiger partial charge on any atom is 0.573 e. The first kappa shape index (κ1) is 27.7. The van der Waals surface area contributed by atoms with Crippen LogP contribution in [0.5, 0.6) is 11.5 Å². The van der Waals surface area contributed by atoms with E-state index in [9.17, 15) is 48.3 Å². The third kappa shape index (κ3) is 6.07. The lowest BCUT2D eigenvalue weighted by atomic mass is 9.98. The second kappa shape index (κ2) is 10.1. The van der Waals surface area contributed by atoms with Crippen LogP contribution >= 0.6 is 0 Å². The first-order valence-corrected chi connectivity index (χ1v) is 10.5. The zero-order valence-electron chi connectivity index (χ0n) is 18.8. The lowest BCUT2D eigenvalue weighted by Crippen LogP contribution is -2.25. The van der Waals surface area contributed by atoms with Gasteiger partial charge < -0.3 is 9.47 Å². The maximum atomic E-state index is 14.8. The van der Waals surface area contributed by atoms with Gasteiger partial charge in [-0.1, -0.05) is 24.3 Å². The van der Waals surface area contributed by atoms with E-state index in [1.165, 1.54) is 18.2 Å². The van der Waals surface area contributed by atoms with Gasteiger partial charge in [-0.15, -0.1) is 13.2 Å². The summed E-state index contributed by atoms with van der Waals surface area (Å²) in [6.45, 7) is 0. The minimum Gasteiger partial charge on any atom is -0.429 e. The van der Waals surface area contributed by atoms with Gasteiger partial charge in [0.05, 0.1) is 0 Å². The highest BCUT2D eigenvalue weighted by Crippen LogP contribution is 2.40. The van der Waals surface area contributed by atoms with E-state index in [0.29, 0.717) is 12.1 Å². The van der Waals surface area contributed by atoms with Crippen molar-refractivity contribution in [2.75, 3.05) is 0 Å². The molecule has 0 bridgehead atoms. The molecule has 0 atom stereocenters. The number of hydrogen-bond donors (Lipinski definition) is 0. The molecule has 0 N–H and O–H groups in total. The zero-order chi connectivity index (χ0) is 28.7. The molecule has 4 aromatic rings. The van der Waals surface area contributed by atoms with E-state index in [-0.39, 0.29) is 23.3 Å². The summed E-state index contributed by atoms with van der Waals surface area (Å²) in [7, 11) is 0. The summed E-state index contributed by atoms with van der Waals surface area (Å²) in [6.07, 6.45) is -10.4. The van der Waals surface area contributed by atoms with Crippen molar-refractivity contribution < 1.29 is 57.8 Å². The Balaban J connectivity index is 1.64. The molecule has 0 saturated carbocycles. The van der Waals surface area contributed by atoms with Gasteiger partial charge in [0.25, 0.3) is 0 Å². The predicted octanol–water partition coefficient (Wildman–Crippen LogP) is 8.88. The predicted molar refractivity (Wildman–Crippen MR) is 115 cm³/mol. The summed E-state index contributed by atoms with van der Waals surface area (Å²) in [6, 6.07) is 8.88. The van der Waals surface area contributed by atoms with Gasteiger partial charge in [-0.05, 0) is 47.0 Å². The van der Waals surface area contributed by atoms with Gasteiger partial charge in [-0.3, -0.25) is 0 Å². The molecule has 39 heavy (non-hydrogen) atoms. The van der Waals surface area contributed by atoms with Gasteiger partial charge in [0.1, 0.15) is 34.6 Å². The van der Waals surface area contributed by atoms with E-state index >= 15 is 0 Å². The molecule has 0 radical (unpaired) electrons. The average molecular weight is 564 g/mol. The highest BCUT2D eigenvalue weighted by molar-refractivity contribution is 5.71. The quantitative estimate of drug-likeness (QED) is 0.218. The van der Waals surface area contributed by atoms with Crippen molar-refractivity contribution in [2.45, 2.75) is 12.5 Å². The van der Waals surface area contributed by atoms with Crippen LogP contribution in [0.3, 0.4) is 0 Å². The van der Waals surface area contributed by atoms with Crippen LogP contribution in [0.25, 0.3) is 22.3 Å². The number of halogens is 11. The van der Waals surface area contributed by atoms with E-state index in [4.69, 9.17) is 0 Å². The molecular formula is C26H11F11O2. The number of hydrogen-bond acceptors (Lipinski definition) is 2. The molecule has 4 aromatic carbocycles. The molecule has 0 aliphatic carbocycles. The molecule has 204 valence electrons. The van der Waals surface area contributed by atoms with Crippen molar-refractivity contribution in [1.29, 1.82) is 0 Å². The highest BCUT2D eigenvalue weighted by Gasteiger charge is 2.42. The van der Waals surface area contributed by atoms with Crippen molar-refractivity contribution in [1.82, 2.24) is 0 Å². The van der Waals surface area contributed by atoms with Crippen LogP contribution in [0.15, 0.2) is 66.7 Å². The Hall–Kier alpha value is -4.29. The van der Waals surface area contributed by atoms with E-state index in [2.05, 4.69) is 9.47 Å². The fourth-order valence-corrected chi connectivity index (χ4v) is 3.61. The summed E-state index contributed by atoms with van der Waals surface area (Å²) in [5.74, 6) is -13.1. The molecule has 0 saturated heterocycles. The van der Waals surface area contributed by atoms with Gasteiger partial charge >= 0.3 is 12.5 Å². The van der Waals surface area contributed by atoms with Crippen LogP contribution in [0.1, 0.15) is 5.56 Å². The molecule has 0 heterocycles. The molecule has 0 aliphatic rings. The van der Waals surface area contributed by atoms with Crippen LogP contribution in [0, 0.1) is 34.9 Å². The summed E-state index contributed by atoms with van der Waals surface area (Å²) in [5.41, 5.74) is -2.46. The number of alkyl halides is 5. The van der Waals surface area contributed by atoms with Crippen molar-refractivity contribution in [2.24, 2.45) is 0 Å². The zero-order valence-corrected chi connectivity index (χ0v) is 18.8. The topological polar surface area (TPSA) is 18.5 Å². The van der Waals surface area contributed by atoms with E-state index in [1.807, 2.05) is 0 Å². The van der Waals surface area contributed by atoms with Crippen LogP contribution in [-0.4, -0.2) is 6.36 Å². The van der Waals surface area contributed by atoms with Gasteiger partial charge in [-0.25, -0.2) is 26.3 Å². The largest absolute Gasteiger partial charge is 0.573 e. The molecule has 0 unspecified atom stereocenters. The molecule has 0 spiro atoms. The van der Waals surface area contributed by atoms with Gasteiger partial charge in [-0.2, -0.15) is 8.78 Å². The lowest BCUT2D eigenvalue weighted by Gasteiger charge is -2.20. The van der Waals surface area contributed by atoms with Crippen LogP contribution in [0.4, 0.5) is 48.3 Å². The Morgan fingerprint density at radius 2 is 1.08 bits per heavy atom. The minimum atomic E-state index is -5.51. The second-order valence-electron chi connectivity index (χ2n) is 7.90. The molecule has 0 fully saturated rings. The fraction of sp³-hybridized carbons (Fsp3) is 0.0769. The fourth-order valence-electron chi connectivity index (χ4n) is 3.61. The third-order valence-corrected chi connectivity index (χ3v) is 5.21. The Labute approximate surface area is 211 Å². The van der Waals surface area contributed by atoms with Gasteiger partial charge in [0, 0.05) is 17.7 Å². The van der Waals surface area contributed by atoms with E-state index < -0.39 is 75.6 Å². The molecule has 13 heteroatoms. The Bertz CT molecular complexity index is 1500. The van der Waals surface area contributed by atoms with Crippen molar-refractivity contribution in [3.05, 3.63) is 107 Å². The van der Waals surface area contributed by atoms with Crippen molar-refractivity contribution in [3.63, 3.8) is 0 Å². The third-order valence-electron chi connectivity index (χ3n) is 5.21. The van der Waals surface area contributed by atoms with E-state index in [1.54, 1.807) is 0 Å². The van der Waals surface area contributed by atoms with Crippen molar-refractivity contribution in [3.8, 4) is 33.8 Å². The van der Waals surface area contributed by atoms with Gasteiger partial charge in [0.2, 0.25) is 5.75 Å². The Morgan fingerprint density at radius 3 is 1.62 bits per heavy atom. The average Bonchev–Trinajstić information content (AvgIpc) is 2.80. The summed E-state index contributed by atoms with van der Waals surface area (Å²) < 4.78 is 158. The molecule has 0 aromatic heterocycles. The Kier molecular flexibility index (Phi) is 7.19. The summed E-state index contributed by atoms with van der Waals surface area (Å²) in [5, 5.41) is 0. The smallest absolute Gasteiger partial charge is 0.429 e. The maximum absolute atomic E-state index is 14.8. The minimum absolute atomic E-state index is 0.113. The standard InChI is InChI=1S/C26H11F11O2/c27-15-3-1-2-12(6-15)13-4-5-17(18(28)7-13)14-8-19(29)23(20(30)9-14)25(33,34)38-16-10-21(31)24(22(32)11-16)39-26(35,36)37/h1-11H. The van der Waals surface area contributed by atoms with E-state index in [0.717, 1.165) is 24.3 Å². The van der Waals surface area contributed by atoms with Crippen molar-refractivity contribution >= 4 is 0 Å². The van der Waals surface area contributed by atoms with Crippen LogP contribution < -0.4 is 9.47 Å². The number of benzene rings is 4. The molecule has 0 amide bonds. The summed E-state index contributed by atoms with van der Waals surface area (Å²) in [4.78, 5) is 0. The normalized spacial score (nSPS) is 12.0. The Morgan fingerprint density at radius 1 is 0.513 bits per heavy atom. The molecule has 0 aliphatic heterocycles. The molecule has 4 rings (SSSR count). The lowest BCUT2D eigenvalue weighted by molar-refractivity contribution is -0.276. The van der Waals surface area contributed by atoms with Crippen LogP contribution in [-0.2, 0) is 6.11 Å². The molecule has 2 nitrogen and oxygen atoms in total. The highest BCUT2D eigenvalue weighted by atomic mass is 19.4. The number of rotatable bonds is 6. The first-order valence-electron chi connectivity index (χ1n) is 10.5. The van der Waals surface area contributed by atoms with Crippen LogP contribution in [0.2, 0.25) is 0 Å². The SMILES string of the molecule is Fc1cccc(-c2ccc(-c3cc(F)c(C(F)(F)Oc4cc(F)c(OC(F)(F)F)c(F)c4)c(F)c3)c(F)c2)c1. The monoisotopic (exact) mass is 564 g/mol. The summed E-state index contributed by atoms with van der Waals surface area (Å²) >= 11 is 0. The first-order chi connectivity index (χ1) is 18.1.